The molecule has 3 aromatic rings. The quantitative estimate of drug-likeness (QED) is 0.218. The Bertz CT molecular complexity index is 1540. The highest BCUT2D eigenvalue weighted by Gasteiger charge is 2.44. The summed E-state index contributed by atoms with van der Waals surface area (Å²) in [6.07, 6.45) is 0. The van der Waals surface area contributed by atoms with E-state index in [0.717, 1.165) is 11.3 Å². The van der Waals surface area contributed by atoms with Gasteiger partial charge in [-0.2, -0.15) is 0 Å². The molecule has 5 rings (SSSR count). The number of halogens is 1. The van der Waals surface area contributed by atoms with Gasteiger partial charge in [0, 0.05) is 48.9 Å². The van der Waals surface area contributed by atoms with Crippen LogP contribution in [0.5, 0.6) is 0 Å². The van der Waals surface area contributed by atoms with Gasteiger partial charge in [0.2, 0.25) is 0 Å². The van der Waals surface area contributed by atoms with Crippen LogP contribution in [0, 0.1) is 15.9 Å². The maximum Gasteiger partial charge on any atom is 0.292 e. The number of carbonyl (C=O) groups excluding carboxylic acids is 1. The fourth-order valence-corrected chi connectivity index (χ4v) is 8.02. The first-order valence-electron chi connectivity index (χ1n) is 13.4. The lowest BCUT2D eigenvalue weighted by Gasteiger charge is -2.36. The number of anilines is 3. The molecule has 0 spiro atoms. The van der Waals surface area contributed by atoms with Gasteiger partial charge >= 0.3 is 0 Å². The topological polar surface area (TPSA) is 117 Å². The average Bonchev–Trinajstić information content (AvgIpc) is 3.12. The van der Waals surface area contributed by atoms with Crippen LogP contribution in [0.25, 0.3) is 0 Å². The summed E-state index contributed by atoms with van der Waals surface area (Å²) in [4.78, 5) is 26.8. The van der Waals surface area contributed by atoms with Gasteiger partial charge < -0.3 is 20.0 Å². The molecule has 2 aliphatic rings. The number of ether oxygens (including phenoxy) is 1. The third-order valence-electron chi connectivity index (χ3n) is 8.25. The molecule has 216 valence electrons. The molecule has 0 aliphatic carbocycles. The highest BCUT2D eigenvalue weighted by Crippen LogP contribution is 2.54. The van der Waals surface area contributed by atoms with E-state index in [0.29, 0.717) is 37.3 Å². The van der Waals surface area contributed by atoms with Crippen LogP contribution in [0.3, 0.4) is 0 Å². The number of amides is 1. The first-order valence-corrected chi connectivity index (χ1v) is 15.0. The molecule has 10 nitrogen and oxygen atoms in total. The number of carbonyl (C=O) groups is 1. The number of nitrogens with one attached hydrogen (secondary N) is 2. The molecular formula is C29H33FN5O5P. The van der Waals surface area contributed by atoms with Crippen molar-refractivity contribution in [2.45, 2.75) is 32.2 Å². The Morgan fingerprint density at radius 2 is 1.76 bits per heavy atom. The summed E-state index contributed by atoms with van der Waals surface area (Å²) in [5.41, 5.74) is 1.91. The lowest BCUT2D eigenvalue weighted by Crippen LogP contribution is -2.40. The molecular weight excluding hydrogens is 548 g/mol. The second-order valence-electron chi connectivity index (χ2n) is 10.9. The number of fused-ring (bicyclic) bond motifs is 1. The van der Waals surface area contributed by atoms with Gasteiger partial charge in [0.05, 0.1) is 29.1 Å². The standard InChI is InChI=1S/C29H33FN5O5P/c1-19-29(2,3)22-17-27(24(18-26(22)33(19)4)31-28(36)20-9-11-21(30)12-10-20)41(39,34-13-15-40-16-14-34)32-23-7-5-6-8-25(23)35(37)38/h5-12,17-19H,13-16H2,1-4H3,(H,31,36)(H,32,39). The van der Waals surface area contributed by atoms with Crippen molar-refractivity contribution in [3.8, 4) is 0 Å². The molecule has 1 fully saturated rings. The Labute approximate surface area is 238 Å². The van der Waals surface area contributed by atoms with Gasteiger partial charge in [-0.1, -0.05) is 26.0 Å². The third kappa shape index (κ3) is 5.21. The van der Waals surface area contributed by atoms with Crippen molar-refractivity contribution >= 4 is 41.4 Å². The molecule has 41 heavy (non-hydrogen) atoms. The van der Waals surface area contributed by atoms with Crippen LogP contribution in [0.15, 0.2) is 60.7 Å². The summed E-state index contributed by atoms with van der Waals surface area (Å²) in [6, 6.07) is 15.0. The smallest absolute Gasteiger partial charge is 0.292 e. The molecule has 2 atom stereocenters. The monoisotopic (exact) mass is 581 g/mol. The van der Waals surface area contributed by atoms with Crippen molar-refractivity contribution in [1.29, 1.82) is 0 Å². The molecule has 12 heteroatoms. The zero-order valence-corrected chi connectivity index (χ0v) is 24.3. The van der Waals surface area contributed by atoms with Gasteiger partial charge in [0.15, 0.2) is 0 Å². The van der Waals surface area contributed by atoms with E-state index in [2.05, 4.69) is 36.1 Å². The zero-order chi connectivity index (χ0) is 29.5. The first-order chi connectivity index (χ1) is 19.4. The molecule has 0 saturated carbocycles. The van der Waals surface area contributed by atoms with Gasteiger partial charge in [0.1, 0.15) is 11.5 Å². The highest BCUT2D eigenvalue weighted by molar-refractivity contribution is 7.71. The van der Waals surface area contributed by atoms with Crippen LogP contribution < -0.4 is 20.6 Å². The largest absolute Gasteiger partial charge is 0.379 e. The van der Waals surface area contributed by atoms with Crippen molar-refractivity contribution in [1.82, 2.24) is 4.67 Å². The minimum absolute atomic E-state index is 0.0966. The van der Waals surface area contributed by atoms with E-state index < -0.39 is 24.1 Å². The zero-order valence-electron chi connectivity index (χ0n) is 23.4. The van der Waals surface area contributed by atoms with Crippen LogP contribution in [0.1, 0.15) is 36.7 Å². The molecule has 2 aliphatic heterocycles. The number of hydrogen-bond donors (Lipinski definition) is 2. The van der Waals surface area contributed by atoms with Gasteiger partial charge in [-0.05, 0) is 55.0 Å². The molecule has 1 saturated heterocycles. The van der Waals surface area contributed by atoms with E-state index in [1.165, 1.54) is 36.4 Å². The number of rotatable bonds is 7. The van der Waals surface area contributed by atoms with E-state index in [1.807, 2.05) is 19.2 Å². The molecule has 0 radical (unpaired) electrons. The van der Waals surface area contributed by atoms with E-state index in [-0.39, 0.29) is 28.4 Å². The second kappa shape index (κ2) is 10.9. The Hall–Kier alpha value is -3.79. The molecule has 0 aromatic heterocycles. The summed E-state index contributed by atoms with van der Waals surface area (Å²) in [5.74, 6) is -0.971. The van der Waals surface area contributed by atoms with Gasteiger partial charge in [-0.3, -0.25) is 19.5 Å². The molecule has 2 unspecified atom stereocenters. The molecule has 2 N–H and O–H groups in total. The Balaban J connectivity index is 1.71. The van der Waals surface area contributed by atoms with Gasteiger partial charge in [-0.25, -0.2) is 9.06 Å². The number of para-hydroxylation sites is 2. The predicted octanol–water partition coefficient (Wildman–Crippen LogP) is 5.36. The van der Waals surface area contributed by atoms with Crippen molar-refractivity contribution in [2.75, 3.05) is 48.7 Å². The summed E-state index contributed by atoms with van der Waals surface area (Å²) >= 11 is 0. The second-order valence-corrected chi connectivity index (χ2v) is 13.3. The van der Waals surface area contributed by atoms with E-state index in [4.69, 9.17) is 4.74 Å². The van der Waals surface area contributed by atoms with E-state index in [1.54, 1.807) is 16.8 Å². The number of nitro benzene ring substituents is 1. The van der Waals surface area contributed by atoms with E-state index >= 15 is 4.57 Å². The Kier molecular flexibility index (Phi) is 7.63. The molecule has 0 bridgehead atoms. The maximum atomic E-state index is 15.4. The summed E-state index contributed by atoms with van der Waals surface area (Å²) in [5, 5.41) is 18.2. The number of hydrogen-bond acceptors (Lipinski definition) is 6. The molecule has 3 aromatic carbocycles. The maximum absolute atomic E-state index is 15.4. The van der Waals surface area contributed by atoms with Crippen LogP contribution >= 0.6 is 7.44 Å². The SMILES string of the molecule is CC1N(C)c2cc(NC(=O)c3ccc(F)cc3)c(P(=O)(Nc3ccccc3[N+](=O)[O-])N3CCOCC3)cc2C1(C)C. The summed E-state index contributed by atoms with van der Waals surface area (Å²) in [6.45, 7) is 7.60. The third-order valence-corrected chi connectivity index (χ3v) is 11.0. The number of morpholine rings is 1. The number of nitro groups is 1. The fraction of sp³-hybridized carbons (Fsp3) is 0.345. The lowest BCUT2D eigenvalue weighted by atomic mass is 9.81. The lowest BCUT2D eigenvalue weighted by molar-refractivity contribution is -0.383. The number of nitrogens with zero attached hydrogens (tertiary/aromatic N) is 3. The predicted molar refractivity (Wildman–Crippen MR) is 158 cm³/mol. The summed E-state index contributed by atoms with van der Waals surface area (Å²) in [7, 11) is -1.88. The van der Waals surface area contributed by atoms with Crippen LogP contribution in [0.4, 0.5) is 27.1 Å². The normalized spacial score (nSPS) is 19.7. The molecule has 1 amide bonds. The van der Waals surface area contributed by atoms with Crippen molar-refractivity contribution < 1.29 is 23.4 Å². The van der Waals surface area contributed by atoms with Crippen molar-refractivity contribution in [3.63, 3.8) is 0 Å². The Morgan fingerprint density at radius 1 is 1.10 bits per heavy atom. The number of likely N-dealkylation sites (N-methyl/N-ethyl adjacent to an activating group) is 1. The van der Waals surface area contributed by atoms with Crippen LogP contribution in [0.2, 0.25) is 0 Å². The van der Waals surface area contributed by atoms with Crippen molar-refractivity contribution in [3.05, 3.63) is 87.7 Å². The van der Waals surface area contributed by atoms with E-state index in [9.17, 15) is 19.3 Å². The molecule has 2 heterocycles. The minimum Gasteiger partial charge on any atom is -0.379 e. The van der Waals surface area contributed by atoms with Crippen molar-refractivity contribution in [2.24, 2.45) is 0 Å². The highest BCUT2D eigenvalue weighted by atomic mass is 31.2. The van der Waals surface area contributed by atoms with Crippen LogP contribution in [-0.4, -0.2) is 54.9 Å². The summed E-state index contributed by atoms with van der Waals surface area (Å²) < 4.78 is 36.2. The average molecular weight is 582 g/mol. The van der Waals surface area contributed by atoms with Crippen LogP contribution in [-0.2, 0) is 14.7 Å². The van der Waals surface area contributed by atoms with Gasteiger partial charge in [-0.15, -0.1) is 0 Å². The fourth-order valence-electron chi connectivity index (χ4n) is 5.46. The first kappa shape index (κ1) is 28.7. The van der Waals surface area contributed by atoms with Gasteiger partial charge in [0.25, 0.3) is 19.0 Å². The minimum atomic E-state index is -3.85. The number of benzene rings is 3. The Morgan fingerprint density at radius 3 is 2.41 bits per heavy atom.